The zero-order valence-corrected chi connectivity index (χ0v) is 12.5. The van der Waals surface area contributed by atoms with Crippen LogP contribution in [0.15, 0.2) is 22.7 Å². The number of Topliss-reactive ketones (excluding diaryl/α,β-unsaturated/α-hetero) is 1. The van der Waals surface area contributed by atoms with Gasteiger partial charge in [-0.3, -0.25) is 4.79 Å². The van der Waals surface area contributed by atoms with E-state index in [1.54, 1.807) is 12.1 Å². The molecule has 3 rings (SSSR count). The Morgan fingerprint density at radius 1 is 1.33 bits per heavy atom. The fraction of sp³-hybridized carbons (Fsp3) is 0.533. The molecule has 2 fully saturated rings. The van der Waals surface area contributed by atoms with Crippen molar-refractivity contribution < 1.29 is 4.79 Å². The standard InChI is InChI=1S/C15H16BrClO/c16-14-4-3-12(17)8-13(14)15(18)7-11-6-9-1-2-10(11)5-9/h3-4,8-11H,1-2,5-7H2. The Kier molecular flexibility index (Phi) is 3.50. The van der Waals surface area contributed by atoms with E-state index in [4.69, 9.17) is 11.6 Å². The van der Waals surface area contributed by atoms with Gasteiger partial charge in [0.15, 0.2) is 5.78 Å². The summed E-state index contributed by atoms with van der Waals surface area (Å²) >= 11 is 9.41. The Hall–Kier alpha value is -0.340. The molecule has 3 unspecified atom stereocenters. The monoisotopic (exact) mass is 326 g/mol. The summed E-state index contributed by atoms with van der Waals surface area (Å²) in [7, 11) is 0. The molecule has 0 heterocycles. The SMILES string of the molecule is O=C(CC1CC2CCC1C2)c1cc(Cl)ccc1Br. The summed E-state index contributed by atoms with van der Waals surface area (Å²) in [6.07, 6.45) is 6.03. The summed E-state index contributed by atoms with van der Waals surface area (Å²) < 4.78 is 0.861. The second kappa shape index (κ2) is 4.97. The minimum absolute atomic E-state index is 0.238. The molecule has 0 saturated heterocycles. The molecule has 1 aromatic carbocycles. The molecule has 2 bridgehead atoms. The van der Waals surface area contributed by atoms with Gasteiger partial charge in [-0.2, -0.15) is 0 Å². The van der Waals surface area contributed by atoms with Crippen LogP contribution in [-0.2, 0) is 0 Å². The molecule has 0 spiro atoms. The number of carbonyl (C=O) groups excluding carboxylic acids is 1. The highest BCUT2D eigenvalue weighted by Crippen LogP contribution is 2.49. The van der Waals surface area contributed by atoms with E-state index in [9.17, 15) is 4.79 Å². The number of halogens is 2. The first-order chi connectivity index (χ1) is 8.63. The molecule has 2 aliphatic rings. The van der Waals surface area contributed by atoms with Crippen molar-refractivity contribution in [3.05, 3.63) is 33.3 Å². The Morgan fingerprint density at radius 2 is 2.17 bits per heavy atom. The van der Waals surface area contributed by atoms with Crippen LogP contribution in [-0.4, -0.2) is 5.78 Å². The molecule has 0 aliphatic heterocycles. The lowest BCUT2D eigenvalue weighted by molar-refractivity contribution is 0.0943. The summed E-state index contributed by atoms with van der Waals surface area (Å²) in [5.74, 6) is 2.55. The van der Waals surface area contributed by atoms with E-state index in [2.05, 4.69) is 15.9 Å². The lowest BCUT2D eigenvalue weighted by atomic mass is 9.84. The normalized spacial score (nSPS) is 29.8. The first-order valence-electron chi connectivity index (χ1n) is 6.61. The topological polar surface area (TPSA) is 17.1 Å². The average Bonchev–Trinajstić information content (AvgIpc) is 2.94. The number of carbonyl (C=O) groups is 1. The van der Waals surface area contributed by atoms with Crippen LogP contribution in [0, 0.1) is 17.8 Å². The van der Waals surface area contributed by atoms with E-state index < -0.39 is 0 Å². The summed E-state index contributed by atoms with van der Waals surface area (Å²) in [5, 5.41) is 0.634. The van der Waals surface area contributed by atoms with E-state index in [0.29, 0.717) is 17.4 Å². The van der Waals surface area contributed by atoms with Crippen molar-refractivity contribution >= 4 is 33.3 Å². The van der Waals surface area contributed by atoms with Crippen molar-refractivity contribution in [3.63, 3.8) is 0 Å². The first kappa shape index (κ1) is 12.7. The van der Waals surface area contributed by atoms with Crippen LogP contribution in [0.5, 0.6) is 0 Å². The predicted molar refractivity (Wildman–Crippen MR) is 77.0 cm³/mol. The van der Waals surface area contributed by atoms with Gasteiger partial charge >= 0.3 is 0 Å². The van der Waals surface area contributed by atoms with Crippen molar-refractivity contribution in [2.45, 2.75) is 32.1 Å². The second-order valence-electron chi connectivity index (χ2n) is 5.69. The van der Waals surface area contributed by atoms with Crippen LogP contribution < -0.4 is 0 Å². The van der Waals surface area contributed by atoms with Gasteiger partial charge in [-0.05, 0) is 55.2 Å². The van der Waals surface area contributed by atoms with Crippen LogP contribution in [0.2, 0.25) is 5.02 Å². The average molecular weight is 328 g/mol. The fourth-order valence-electron chi connectivity index (χ4n) is 3.69. The van der Waals surface area contributed by atoms with Gasteiger partial charge in [-0.25, -0.2) is 0 Å². The first-order valence-corrected chi connectivity index (χ1v) is 7.79. The second-order valence-corrected chi connectivity index (χ2v) is 6.98. The zero-order valence-electron chi connectivity index (χ0n) is 10.2. The van der Waals surface area contributed by atoms with Crippen molar-refractivity contribution in [2.75, 3.05) is 0 Å². The van der Waals surface area contributed by atoms with Crippen LogP contribution in [0.25, 0.3) is 0 Å². The van der Waals surface area contributed by atoms with E-state index in [1.807, 2.05) is 6.07 Å². The van der Waals surface area contributed by atoms with E-state index in [1.165, 1.54) is 25.7 Å². The summed E-state index contributed by atoms with van der Waals surface area (Å²) in [5.41, 5.74) is 0.741. The number of hydrogen-bond acceptors (Lipinski definition) is 1. The number of fused-ring (bicyclic) bond motifs is 2. The quantitative estimate of drug-likeness (QED) is 0.705. The molecule has 3 atom stereocenters. The molecule has 18 heavy (non-hydrogen) atoms. The van der Waals surface area contributed by atoms with Gasteiger partial charge in [0, 0.05) is 21.5 Å². The predicted octanol–water partition coefficient (Wildman–Crippen LogP) is 5.11. The van der Waals surface area contributed by atoms with Gasteiger partial charge in [0.1, 0.15) is 0 Å². The van der Waals surface area contributed by atoms with E-state index >= 15 is 0 Å². The van der Waals surface area contributed by atoms with Crippen molar-refractivity contribution in [3.8, 4) is 0 Å². The molecule has 2 saturated carbocycles. The molecule has 3 heteroatoms. The molecule has 2 aliphatic carbocycles. The Balaban J connectivity index is 1.73. The largest absolute Gasteiger partial charge is 0.294 e. The van der Waals surface area contributed by atoms with Gasteiger partial charge in [0.05, 0.1) is 0 Å². The third-order valence-electron chi connectivity index (χ3n) is 4.56. The molecular weight excluding hydrogens is 312 g/mol. The van der Waals surface area contributed by atoms with Gasteiger partial charge in [-0.1, -0.05) is 34.0 Å². The summed E-state index contributed by atoms with van der Waals surface area (Å²) in [6.45, 7) is 0. The number of ketones is 1. The molecule has 96 valence electrons. The minimum atomic E-state index is 0.238. The smallest absolute Gasteiger partial charge is 0.164 e. The van der Waals surface area contributed by atoms with Crippen LogP contribution in [0.3, 0.4) is 0 Å². The third-order valence-corrected chi connectivity index (χ3v) is 5.49. The molecular formula is C15H16BrClO. The molecule has 1 nitrogen and oxygen atoms in total. The maximum absolute atomic E-state index is 12.4. The zero-order chi connectivity index (χ0) is 12.7. The molecule has 0 radical (unpaired) electrons. The molecule has 1 aromatic rings. The Labute approximate surface area is 121 Å². The lowest BCUT2D eigenvalue weighted by Crippen LogP contribution is -2.15. The highest BCUT2D eigenvalue weighted by atomic mass is 79.9. The maximum atomic E-state index is 12.4. The van der Waals surface area contributed by atoms with Crippen molar-refractivity contribution in [1.82, 2.24) is 0 Å². The summed E-state index contributed by atoms with van der Waals surface area (Å²) in [4.78, 5) is 12.4. The van der Waals surface area contributed by atoms with Crippen LogP contribution in [0.1, 0.15) is 42.5 Å². The summed E-state index contributed by atoms with van der Waals surface area (Å²) in [6, 6.07) is 5.44. The highest BCUT2D eigenvalue weighted by molar-refractivity contribution is 9.10. The van der Waals surface area contributed by atoms with Gasteiger partial charge < -0.3 is 0 Å². The maximum Gasteiger partial charge on any atom is 0.164 e. The van der Waals surface area contributed by atoms with E-state index in [-0.39, 0.29) is 5.78 Å². The van der Waals surface area contributed by atoms with Crippen LogP contribution in [0.4, 0.5) is 0 Å². The number of hydrogen-bond donors (Lipinski definition) is 0. The molecule has 0 aromatic heterocycles. The molecule has 0 N–H and O–H groups in total. The van der Waals surface area contributed by atoms with Gasteiger partial charge in [0.2, 0.25) is 0 Å². The van der Waals surface area contributed by atoms with Crippen LogP contribution >= 0.6 is 27.5 Å². The van der Waals surface area contributed by atoms with Gasteiger partial charge in [0.25, 0.3) is 0 Å². The Bertz CT molecular complexity index is 485. The number of rotatable bonds is 3. The Morgan fingerprint density at radius 3 is 2.83 bits per heavy atom. The highest BCUT2D eigenvalue weighted by Gasteiger charge is 2.40. The lowest BCUT2D eigenvalue weighted by Gasteiger charge is -2.20. The number of benzene rings is 1. The van der Waals surface area contributed by atoms with Gasteiger partial charge in [-0.15, -0.1) is 0 Å². The van der Waals surface area contributed by atoms with Crippen molar-refractivity contribution in [2.24, 2.45) is 17.8 Å². The van der Waals surface area contributed by atoms with E-state index in [0.717, 1.165) is 21.9 Å². The molecule has 0 amide bonds. The van der Waals surface area contributed by atoms with Crippen molar-refractivity contribution in [1.29, 1.82) is 0 Å². The minimum Gasteiger partial charge on any atom is -0.294 e. The fourth-order valence-corrected chi connectivity index (χ4v) is 4.33. The third kappa shape index (κ3) is 2.37.